The van der Waals surface area contributed by atoms with Crippen molar-refractivity contribution in [2.75, 3.05) is 7.05 Å². The maximum Gasteiger partial charge on any atom is 0.425 e. The van der Waals surface area contributed by atoms with E-state index in [4.69, 9.17) is 4.42 Å². The van der Waals surface area contributed by atoms with Crippen molar-refractivity contribution in [3.8, 4) is 0 Å². The molecule has 124 valence electrons. The van der Waals surface area contributed by atoms with Crippen molar-refractivity contribution in [2.24, 2.45) is 0 Å². The number of amides is 2. The largest absolute Gasteiger partial charge is 0.463 e. The highest BCUT2D eigenvalue weighted by Crippen LogP contribution is 2.42. The molecule has 1 rings (SSSR count). The average Bonchev–Trinajstić information content (AvgIpc) is 2.83. The summed E-state index contributed by atoms with van der Waals surface area (Å²) < 4.78 is 44.3. The summed E-state index contributed by atoms with van der Waals surface area (Å²) in [4.78, 5) is 23.0. The molecule has 0 aliphatic heterocycles. The molecule has 0 spiro atoms. The fraction of sp³-hybridized carbons (Fsp3) is 0.538. The molecule has 0 aromatic carbocycles. The van der Waals surface area contributed by atoms with Gasteiger partial charge in [0.25, 0.3) is 0 Å². The molecule has 3 N–H and O–H groups in total. The number of carbonyl (C=O) groups is 2. The molecule has 0 radical (unpaired) electrons. The van der Waals surface area contributed by atoms with Crippen LogP contribution in [0.15, 0.2) is 16.5 Å². The zero-order valence-corrected chi connectivity index (χ0v) is 12.2. The van der Waals surface area contributed by atoms with Crippen molar-refractivity contribution in [1.29, 1.82) is 0 Å². The molecule has 2 unspecified atom stereocenters. The molecule has 0 saturated carbocycles. The van der Waals surface area contributed by atoms with Gasteiger partial charge in [-0.2, -0.15) is 13.2 Å². The maximum atomic E-state index is 13.2. The van der Waals surface area contributed by atoms with Gasteiger partial charge in [-0.15, -0.1) is 0 Å². The van der Waals surface area contributed by atoms with E-state index in [2.05, 4.69) is 10.6 Å². The summed E-state index contributed by atoms with van der Waals surface area (Å²) >= 11 is 0. The summed E-state index contributed by atoms with van der Waals surface area (Å²) in [6.45, 7) is 2.72. The Morgan fingerprint density at radius 1 is 1.36 bits per heavy atom. The van der Waals surface area contributed by atoms with Gasteiger partial charge in [0.15, 0.2) is 0 Å². The van der Waals surface area contributed by atoms with Crippen molar-refractivity contribution in [3.05, 3.63) is 23.7 Å². The van der Waals surface area contributed by atoms with Gasteiger partial charge < -0.3 is 20.2 Å². The molecule has 22 heavy (non-hydrogen) atoms. The third-order valence-corrected chi connectivity index (χ3v) is 3.05. The van der Waals surface area contributed by atoms with Crippen LogP contribution in [0.3, 0.4) is 0 Å². The van der Waals surface area contributed by atoms with Crippen LogP contribution in [-0.2, 0) is 15.2 Å². The van der Waals surface area contributed by atoms with Crippen LogP contribution < -0.4 is 10.6 Å². The van der Waals surface area contributed by atoms with Gasteiger partial charge in [0.2, 0.25) is 17.4 Å². The Labute approximate surface area is 124 Å². The van der Waals surface area contributed by atoms with Crippen molar-refractivity contribution in [1.82, 2.24) is 10.6 Å². The highest BCUT2D eigenvalue weighted by Gasteiger charge is 2.58. The van der Waals surface area contributed by atoms with Crippen LogP contribution in [0.1, 0.15) is 24.9 Å². The molecule has 1 aromatic heterocycles. The third-order valence-electron chi connectivity index (χ3n) is 3.05. The topological polar surface area (TPSA) is 91.6 Å². The monoisotopic (exact) mass is 322 g/mol. The van der Waals surface area contributed by atoms with E-state index in [0.717, 1.165) is 6.07 Å². The lowest BCUT2D eigenvalue weighted by Crippen LogP contribution is -2.49. The molecule has 9 heteroatoms. The number of aryl methyl sites for hydroxylation is 1. The first-order valence-electron chi connectivity index (χ1n) is 6.38. The summed E-state index contributed by atoms with van der Waals surface area (Å²) in [6, 6.07) is 1.17. The molecule has 0 fully saturated rings. The van der Waals surface area contributed by atoms with Crippen LogP contribution in [0.25, 0.3) is 0 Å². The van der Waals surface area contributed by atoms with Crippen LogP contribution in [0.2, 0.25) is 0 Å². The Bertz CT molecular complexity index is 556. The standard InChI is InChI=1S/C13H17F3N2O4/c1-7-4-5-9(22-7)12(21,13(14,15)16)6-10(19)18-8(2)11(20)17-3/h4-5,8,21H,6H2,1-3H3,(H,17,20)(H,18,19). The van der Waals surface area contributed by atoms with Crippen LogP contribution in [-0.4, -0.2) is 36.2 Å². The highest BCUT2D eigenvalue weighted by molar-refractivity contribution is 5.87. The zero-order valence-electron chi connectivity index (χ0n) is 12.2. The lowest BCUT2D eigenvalue weighted by atomic mass is 9.95. The van der Waals surface area contributed by atoms with E-state index in [-0.39, 0.29) is 5.76 Å². The second-order valence-corrected chi connectivity index (χ2v) is 4.85. The van der Waals surface area contributed by atoms with Crippen LogP contribution in [0, 0.1) is 6.92 Å². The van der Waals surface area contributed by atoms with Crippen molar-refractivity contribution >= 4 is 11.8 Å². The van der Waals surface area contributed by atoms with Gasteiger partial charge in [-0.25, -0.2) is 0 Å². The van der Waals surface area contributed by atoms with Gasteiger partial charge >= 0.3 is 6.18 Å². The van der Waals surface area contributed by atoms with Crippen LogP contribution >= 0.6 is 0 Å². The predicted octanol–water partition coefficient (Wildman–Crippen LogP) is 0.979. The lowest BCUT2D eigenvalue weighted by Gasteiger charge is -2.28. The van der Waals surface area contributed by atoms with Crippen molar-refractivity contribution in [3.63, 3.8) is 0 Å². The minimum atomic E-state index is -5.12. The van der Waals surface area contributed by atoms with Crippen molar-refractivity contribution in [2.45, 2.75) is 38.1 Å². The first-order valence-corrected chi connectivity index (χ1v) is 6.38. The Hall–Kier alpha value is -2.03. The first-order chi connectivity index (χ1) is 10.0. The Balaban J connectivity index is 2.96. The number of carbonyl (C=O) groups excluding carboxylic acids is 2. The van der Waals surface area contributed by atoms with Gasteiger partial charge in [0.1, 0.15) is 17.6 Å². The normalized spacial score (nSPS) is 15.8. The molecular weight excluding hydrogens is 305 g/mol. The molecule has 1 heterocycles. The molecule has 2 amide bonds. The Kier molecular flexibility index (Phi) is 5.23. The Morgan fingerprint density at radius 2 is 1.95 bits per heavy atom. The number of halogens is 3. The fourth-order valence-electron chi connectivity index (χ4n) is 1.79. The third kappa shape index (κ3) is 3.79. The minimum Gasteiger partial charge on any atom is -0.463 e. The first kappa shape index (κ1) is 18.0. The number of aliphatic hydroxyl groups is 1. The number of hydrogen-bond donors (Lipinski definition) is 3. The predicted molar refractivity (Wildman–Crippen MR) is 69.7 cm³/mol. The van der Waals surface area contributed by atoms with Crippen molar-refractivity contribution < 1.29 is 32.3 Å². The number of likely N-dealkylation sites (N-methyl/N-ethyl adjacent to an activating group) is 1. The summed E-state index contributed by atoms with van der Waals surface area (Å²) in [7, 11) is 1.32. The Morgan fingerprint density at radius 3 is 2.36 bits per heavy atom. The molecular formula is C13H17F3N2O4. The molecule has 0 saturated heterocycles. The number of nitrogens with one attached hydrogen (secondary N) is 2. The molecule has 0 aliphatic carbocycles. The molecule has 6 nitrogen and oxygen atoms in total. The van der Waals surface area contributed by atoms with Crippen LogP contribution in [0.4, 0.5) is 13.2 Å². The van der Waals surface area contributed by atoms with E-state index < -0.39 is 41.8 Å². The number of hydrogen-bond acceptors (Lipinski definition) is 4. The van der Waals surface area contributed by atoms with E-state index in [1.807, 2.05) is 0 Å². The van der Waals surface area contributed by atoms with E-state index in [9.17, 15) is 27.9 Å². The lowest BCUT2D eigenvalue weighted by molar-refractivity contribution is -0.273. The second kappa shape index (κ2) is 6.39. The minimum absolute atomic E-state index is 0.164. The molecule has 0 bridgehead atoms. The fourth-order valence-corrected chi connectivity index (χ4v) is 1.79. The summed E-state index contributed by atoms with van der Waals surface area (Å²) in [5.41, 5.74) is -3.46. The highest BCUT2D eigenvalue weighted by atomic mass is 19.4. The zero-order chi connectivity index (χ0) is 17.1. The van der Waals surface area contributed by atoms with E-state index in [0.29, 0.717) is 0 Å². The number of alkyl halides is 3. The van der Waals surface area contributed by atoms with Gasteiger partial charge in [0.05, 0.1) is 6.42 Å². The number of furan rings is 1. The van der Waals surface area contributed by atoms with E-state index in [1.54, 1.807) is 0 Å². The van der Waals surface area contributed by atoms with Gasteiger partial charge in [-0.1, -0.05) is 0 Å². The van der Waals surface area contributed by atoms with E-state index >= 15 is 0 Å². The smallest absolute Gasteiger partial charge is 0.425 e. The van der Waals surface area contributed by atoms with Crippen LogP contribution in [0.5, 0.6) is 0 Å². The summed E-state index contributed by atoms with van der Waals surface area (Å²) in [5, 5.41) is 14.3. The van der Waals surface area contributed by atoms with E-state index in [1.165, 1.54) is 27.0 Å². The SMILES string of the molecule is CNC(=O)C(C)NC(=O)CC(O)(c1ccc(C)o1)C(F)(F)F. The molecule has 0 aliphatic rings. The maximum absolute atomic E-state index is 13.2. The average molecular weight is 322 g/mol. The number of rotatable bonds is 5. The molecule has 1 aromatic rings. The second-order valence-electron chi connectivity index (χ2n) is 4.85. The molecule has 2 atom stereocenters. The van der Waals surface area contributed by atoms with Gasteiger partial charge in [-0.05, 0) is 26.0 Å². The van der Waals surface area contributed by atoms with Gasteiger partial charge in [0, 0.05) is 7.05 Å². The summed E-state index contributed by atoms with van der Waals surface area (Å²) in [5.74, 6) is -2.32. The van der Waals surface area contributed by atoms with Gasteiger partial charge in [-0.3, -0.25) is 9.59 Å². The quantitative estimate of drug-likeness (QED) is 0.753. The summed E-state index contributed by atoms with van der Waals surface area (Å²) in [6.07, 6.45) is -6.43.